The zero-order chi connectivity index (χ0) is 29.1. The van der Waals surface area contributed by atoms with Crippen LogP contribution in [0.2, 0.25) is 5.02 Å². The Morgan fingerprint density at radius 3 is 2.44 bits per heavy atom. The van der Waals surface area contributed by atoms with Gasteiger partial charge in [0, 0.05) is 44.7 Å². The molecule has 0 fully saturated rings. The number of carbonyl (C=O) groups excluding carboxylic acids is 1. The third-order valence-corrected chi connectivity index (χ3v) is 6.51. The topological polar surface area (TPSA) is 154 Å². The van der Waals surface area contributed by atoms with Crippen molar-refractivity contribution < 1.29 is 29.0 Å². The van der Waals surface area contributed by atoms with Crippen LogP contribution in [0.4, 0.5) is 16.0 Å². The Labute approximate surface area is 237 Å². The van der Waals surface area contributed by atoms with Crippen molar-refractivity contribution in [1.29, 1.82) is 0 Å². The molecule has 1 atom stereocenters. The maximum Gasteiger partial charge on any atom is 0.326 e. The Morgan fingerprint density at radius 1 is 0.976 bits per heavy atom. The highest BCUT2D eigenvalue weighted by molar-refractivity contribution is 6.31. The van der Waals surface area contributed by atoms with Gasteiger partial charge in [0.25, 0.3) is 5.91 Å². The van der Waals surface area contributed by atoms with Crippen molar-refractivity contribution in [2.45, 2.75) is 19.0 Å². The Hall–Kier alpha value is -5.16. The molecule has 41 heavy (non-hydrogen) atoms. The molecule has 12 heteroatoms. The molecule has 1 aliphatic rings. The molecule has 1 aromatic heterocycles. The highest BCUT2D eigenvalue weighted by atomic mass is 35.5. The van der Waals surface area contributed by atoms with E-state index in [0.717, 1.165) is 5.56 Å². The number of benzene rings is 3. The number of aliphatic carboxylic acids is 2. The Morgan fingerprint density at radius 2 is 1.73 bits per heavy atom. The quantitative estimate of drug-likeness (QED) is 0.237. The van der Waals surface area contributed by atoms with Crippen LogP contribution in [-0.2, 0) is 16.1 Å². The summed E-state index contributed by atoms with van der Waals surface area (Å²) in [4.78, 5) is 48.3. The first-order valence-corrected chi connectivity index (χ1v) is 12.7. The molecule has 4 aromatic rings. The number of hydrogen-bond donors (Lipinski definition) is 4. The van der Waals surface area contributed by atoms with Crippen molar-refractivity contribution in [3.8, 4) is 11.3 Å². The van der Waals surface area contributed by atoms with Crippen molar-refractivity contribution >= 4 is 46.8 Å². The predicted molar refractivity (Wildman–Crippen MR) is 149 cm³/mol. The minimum Gasteiger partial charge on any atom is -0.481 e. The lowest BCUT2D eigenvalue weighted by Gasteiger charge is -2.14. The van der Waals surface area contributed by atoms with Gasteiger partial charge in [-0.3, -0.25) is 14.6 Å². The molecule has 5 rings (SSSR count). The molecule has 0 unspecified atom stereocenters. The number of carboxylic acids is 2. The van der Waals surface area contributed by atoms with E-state index < -0.39 is 36.1 Å². The number of amides is 1. The molecule has 4 N–H and O–H groups in total. The van der Waals surface area contributed by atoms with Crippen LogP contribution in [0, 0.1) is 5.82 Å². The zero-order valence-corrected chi connectivity index (χ0v) is 21.9. The number of halogens is 2. The fourth-order valence-electron chi connectivity index (χ4n) is 4.32. The Balaban J connectivity index is 1.40. The van der Waals surface area contributed by atoms with Gasteiger partial charge in [0.1, 0.15) is 11.9 Å². The molecule has 2 heterocycles. The molecule has 0 aliphatic carbocycles. The summed E-state index contributed by atoms with van der Waals surface area (Å²) in [7, 11) is 0. The smallest absolute Gasteiger partial charge is 0.326 e. The van der Waals surface area contributed by atoms with Crippen LogP contribution in [-0.4, -0.2) is 49.8 Å². The SMILES string of the molecule is O=C(O)C[C@H](NC(=O)c1ccc(Nc2ncc3c(n2)-c2ccc(Cl)cc2C(c2ccccc2F)=NC3)cc1)C(=O)O. The number of aromatic nitrogens is 2. The second kappa shape index (κ2) is 11.5. The van der Waals surface area contributed by atoms with Crippen molar-refractivity contribution in [1.82, 2.24) is 15.3 Å². The lowest BCUT2D eigenvalue weighted by Crippen LogP contribution is -2.42. The lowest BCUT2D eigenvalue weighted by molar-refractivity contribution is -0.145. The van der Waals surface area contributed by atoms with Gasteiger partial charge in [0.05, 0.1) is 24.4 Å². The third-order valence-electron chi connectivity index (χ3n) is 6.28. The first-order valence-electron chi connectivity index (χ1n) is 12.3. The summed E-state index contributed by atoms with van der Waals surface area (Å²) >= 11 is 6.31. The summed E-state index contributed by atoms with van der Waals surface area (Å²) in [5.41, 5.74) is 4.13. The number of anilines is 2. The molecule has 1 aliphatic heterocycles. The summed E-state index contributed by atoms with van der Waals surface area (Å²) in [6.07, 6.45) is 0.881. The number of rotatable bonds is 8. The van der Waals surface area contributed by atoms with E-state index in [1.807, 2.05) is 0 Å². The minimum absolute atomic E-state index is 0.138. The van der Waals surface area contributed by atoms with Gasteiger partial charge >= 0.3 is 11.9 Å². The van der Waals surface area contributed by atoms with Crippen LogP contribution < -0.4 is 10.6 Å². The molecule has 10 nitrogen and oxygen atoms in total. The number of fused-ring (bicyclic) bond motifs is 3. The Kier molecular flexibility index (Phi) is 7.70. The number of nitrogens with zero attached hydrogens (tertiary/aromatic N) is 3. The average molecular weight is 574 g/mol. The molecular weight excluding hydrogens is 553 g/mol. The van der Waals surface area contributed by atoms with E-state index in [2.05, 4.69) is 20.6 Å². The summed E-state index contributed by atoms with van der Waals surface area (Å²) in [5.74, 6) is -3.68. The minimum atomic E-state index is -1.56. The van der Waals surface area contributed by atoms with Gasteiger partial charge in [0.15, 0.2) is 0 Å². The number of hydrogen-bond acceptors (Lipinski definition) is 7. The first kappa shape index (κ1) is 27.4. The van der Waals surface area contributed by atoms with E-state index in [9.17, 15) is 18.8 Å². The van der Waals surface area contributed by atoms with Crippen LogP contribution in [0.1, 0.15) is 33.5 Å². The van der Waals surface area contributed by atoms with E-state index in [0.29, 0.717) is 38.8 Å². The third kappa shape index (κ3) is 6.04. The molecular formula is C29H21ClFN5O5. The molecule has 0 saturated carbocycles. The van der Waals surface area contributed by atoms with Gasteiger partial charge < -0.3 is 20.8 Å². The molecule has 3 aromatic carbocycles. The van der Waals surface area contributed by atoms with E-state index in [1.54, 1.807) is 54.7 Å². The van der Waals surface area contributed by atoms with E-state index in [-0.39, 0.29) is 18.1 Å². The summed E-state index contributed by atoms with van der Waals surface area (Å²) in [5, 5.41) is 23.7. The molecule has 0 bridgehead atoms. The highest BCUT2D eigenvalue weighted by Crippen LogP contribution is 2.34. The summed E-state index contributed by atoms with van der Waals surface area (Å²) in [6.45, 7) is 0.217. The fraction of sp³-hybridized carbons (Fsp3) is 0.103. The van der Waals surface area contributed by atoms with Crippen LogP contribution in [0.25, 0.3) is 11.3 Å². The maximum atomic E-state index is 14.7. The second-order valence-corrected chi connectivity index (χ2v) is 9.50. The van der Waals surface area contributed by atoms with Crippen LogP contribution >= 0.6 is 11.6 Å². The van der Waals surface area contributed by atoms with Crippen LogP contribution in [0.15, 0.2) is 77.9 Å². The van der Waals surface area contributed by atoms with Crippen molar-refractivity contribution in [2.24, 2.45) is 4.99 Å². The monoisotopic (exact) mass is 573 g/mol. The first-order chi connectivity index (χ1) is 19.7. The highest BCUT2D eigenvalue weighted by Gasteiger charge is 2.24. The molecule has 0 spiro atoms. The van der Waals surface area contributed by atoms with Crippen molar-refractivity contribution in [3.05, 3.63) is 106 Å². The molecule has 0 radical (unpaired) electrons. The second-order valence-electron chi connectivity index (χ2n) is 9.07. The molecule has 0 saturated heterocycles. The lowest BCUT2D eigenvalue weighted by atomic mass is 9.95. The number of carboxylic acid groups (broad SMARTS) is 2. The number of aliphatic imine (C=N–C) groups is 1. The van der Waals surface area contributed by atoms with E-state index in [4.69, 9.17) is 26.8 Å². The zero-order valence-electron chi connectivity index (χ0n) is 21.1. The van der Waals surface area contributed by atoms with Gasteiger partial charge in [-0.15, -0.1) is 0 Å². The van der Waals surface area contributed by atoms with Gasteiger partial charge in [0.2, 0.25) is 5.95 Å². The van der Waals surface area contributed by atoms with Gasteiger partial charge in [-0.1, -0.05) is 29.8 Å². The predicted octanol–water partition coefficient (Wildman–Crippen LogP) is 4.69. The summed E-state index contributed by atoms with van der Waals surface area (Å²) in [6, 6.07) is 16.1. The summed E-state index contributed by atoms with van der Waals surface area (Å²) < 4.78 is 14.7. The van der Waals surface area contributed by atoms with Gasteiger partial charge in [-0.2, -0.15) is 0 Å². The van der Waals surface area contributed by atoms with Gasteiger partial charge in [-0.25, -0.2) is 19.2 Å². The molecule has 206 valence electrons. The number of carbonyl (C=O) groups is 3. The maximum absolute atomic E-state index is 14.7. The average Bonchev–Trinajstić information content (AvgIpc) is 3.09. The van der Waals surface area contributed by atoms with E-state index >= 15 is 0 Å². The standard InChI is InChI=1S/C29H21ClFN5O5/c30-17-7-10-19-21(11-17)26(20-3-1-2-4-22(20)31)32-13-16-14-33-29(36-25(16)19)34-18-8-5-15(6-9-18)27(39)35-23(28(40)41)12-24(37)38/h1-11,14,23H,12-13H2,(H,35,39)(H,37,38)(H,40,41)(H,33,34,36)/t23-/m0/s1. The van der Waals surface area contributed by atoms with E-state index in [1.165, 1.54) is 18.2 Å². The van der Waals surface area contributed by atoms with Crippen molar-refractivity contribution in [2.75, 3.05) is 5.32 Å². The fourth-order valence-corrected chi connectivity index (χ4v) is 4.49. The van der Waals surface area contributed by atoms with Gasteiger partial charge in [-0.05, 0) is 48.5 Å². The Bertz CT molecular complexity index is 1710. The normalized spacial score (nSPS) is 12.7. The van der Waals surface area contributed by atoms with Crippen LogP contribution in [0.3, 0.4) is 0 Å². The largest absolute Gasteiger partial charge is 0.481 e. The van der Waals surface area contributed by atoms with Crippen LogP contribution in [0.5, 0.6) is 0 Å². The number of nitrogens with one attached hydrogen (secondary N) is 2. The van der Waals surface area contributed by atoms with Crippen molar-refractivity contribution in [3.63, 3.8) is 0 Å². The molecule has 1 amide bonds.